The molecule has 0 unspecified atom stereocenters. The smallest absolute Gasteiger partial charge is 0.497 e. The van der Waals surface area contributed by atoms with E-state index in [1.54, 1.807) is 6.07 Å². The zero-order valence-electron chi connectivity index (χ0n) is 11.9. The molecule has 0 heterocycles. The van der Waals surface area contributed by atoms with Crippen LogP contribution >= 0.6 is 0 Å². The molecular formula is C15H15BF3KO. The number of hydrogen-bond donors (Lipinski definition) is 0. The molecule has 0 radical (unpaired) electrons. The number of ether oxygens (including phenoxy) is 1. The van der Waals surface area contributed by atoms with Crippen molar-refractivity contribution >= 4 is 12.4 Å². The SMILES string of the molecule is F[B-](F)(F)c1ccccc1OCCCc1ccccc1.[K+]. The van der Waals surface area contributed by atoms with Crippen LogP contribution in [0.4, 0.5) is 12.9 Å². The second kappa shape index (κ2) is 9.00. The monoisotopic (exact) mass is 318 g/mol. The predicted octanol–water partition coefficient (Wildman–Crippen LogP) is 0.757. The van der Waals surface area contributed by atoms with Crippen LogP contribution < -0.4 is 61.6 Å². The zero-order chi connectivity index (χ0) is 14.4. The number of aryl methyl sites for hydroxylation is 1. The summed E-state index contributed by atoms with van der Waals surface area (Å²) in [5, 5.41) is 0. The van der Waals surface area contributed by atoms with Crippen LogP contribution in [0.25, 0.3) is 0 Å². The Kier molecular flexibility index (Phi) is 8.05. The molecule has 106 valence electrons. The number of para-hydroxylation sites is 1. The van der Waals surface area contributed by atoms with Gasteiger partial charge in [0.05, 0.1) is 12.4 Å². The Balaban J connectivity index is 0.00000220. The van der Waals surface area contributed by atoms with E-state index < -0.39 is 12.4 Å². The van der Waals surface area contributed by atoms with E-state index in [9.17, 15) is 12.9 Å². The largest absolute Gasteiger partial charge is 1.00 e. The van der Waals surface area contributed by atoms with E-state index in [4.69, 9.17) is 4.74 Å². The van der Waals surface area contributed by atoms with Crippen LogP contribution in [0.2, 0.25) is 0 Å². The minimum atomic E-state index is -5.03. The quantitative estimate of drug-likeness (QED) is 0.564. The molecule has 0 amide bonds. The van der Waals surface area contributed by atoms with Crippen LogP contribution in [0.5, 0.6) is 5.75 Å². The third-order valence-electron chi connectivity index (χ3n) is 2.98. The summed E-state index contributed by atoms with van der Waals surface area (Å²) in [6.07, 6.45) is 1.48. The van der Waals surface area contributed by atoms with Gasteiger partial charge in [-0.3, -0.25) is 0 Å². The van der Waals surface area contributed by atoms with E-state index in [2.05, 4.69) is 0 Å². The molecule has 1 nitrogen and oxygen atoms in total. The van der Waals surface area contributed by atoms with Gasteiger partial charge in [0.1, 0.15) is 0 Å². The minimum Gasteiger partial charge on any atom is -0.497 e. The summed E-state index contributed by atoms with van der Waals surface area (Å²) in [7, 11) is 0. The van der Waals surface area contributed by atoms with Crippen molar-refractivity contribution in [3.63, 3.8) is 0 Å². The van der Waals surface area contributed by atoms with Crippen LogP contribution in [-0.2, 0) is 6.42 Å². The van der Waals surface area contributed by atoms with Gasteiger partial charge in [-0.25, -0.2) is 0 Å². The van der Waals surface area contributed by atoms with Crippen LogP contribution in [0.15, 0.2) is 54.6 Å². The summed E-state index contributed by atoms with van der Waals surface area (Å²) in [4.78, 5) is 0. The first-order chi connectivity index (χ1) is 9.57. The third kappa shape index (κ3) is 6.16. The van der Waals surface area contributed by atoms with Crippen molar-refractivity contribution in [3.8, 4) is 5.75 Å². The summed E-state index contributed by atoms with van der Waals surface area (Å²) in [6.45, 7) is -4.75. The fourth-order valence-electron chi connectivity index (χ4n) is 1.99. The molecule has 2 aromatic carbocycles. The first-order valence-corrected chi connectivity index (χ1v) is 6.53. The Bertz CT molecular complexity index is 546. The molecule has 0 aliphatic heterocycles. The number of halogens is 3. The third-order valence-corrected chi connectivity index (χ3v) is 2.98. The Morgan fingerprint density at radius 1 is 0.857 bits per heavy atom. The summed E-state index contributed by atoms with van der Waals surface area (Å²) in [6, 6.07) is 15.2. The van der Waals surface area contributed by atoms with E-state index in [0.29, 0.717) is 6.42 Å². The minimum absolute atomic E-state index is 0. The standard InChI is InChI=1S/C15H15BF3O.K/c17-16(18,19)14-10-4-5-11-15(14)20-12-6-9-13-7-2-1-3-8-13;/h1-5,7-8,10-11H,6,9,12H2;/q-1;+1. The maximum Gasteiger partial charge on any atom is 1.00 e. The van der Waals surface area contributed by atoms with Gasteiger partial charge < -0.3 is 17.7 Å². The van der Waals surface area contributed by atoms with Crippen LogP contribution in [0.3, 0.4) is 0 Å². The molecule has 2 rings (SSSR count). The number of hydrogen-bond acceptors (Lipinski definition) is 1. The van der Waals surface area contributed by atoms with E-state index in [1.165, 1.54) is 12.1 Å². The van der Waals surface area contributed by atoms with E-state index >= 15 is 0 Å². The van der Waals surface area contributed by atoms with Crippen molar-refractivity contribution in [3.05, 3.63) is 60.2 Å². The molecule has 0 aliphatic rings. The van der Waals surface area contributed by atoms with Gasteiger partial charge in [-0.05, 0) is 24.5 Å². The molecule has 0 N–H and O–H groups in total. The Morgan fingerprint density at radius 2 is 1.48 bits per heavy atom. The Labute approximate surface area is 165 Å². The second-order valence-corrected chi connectivity index (χ2v) is 4.55. The van der Waals surface area contributed by atoms with Gasteiger partial charge >= 0.3 is 58.4 Å². The summed E-state index contributed by atoms with van der Waals surface area (Å²) in [5.41, 5.74) is 0.497. The van der Waals surface area contributed by atoms with E-state index in [0.717, 1.165) is 18.1 Å². The van der Waals surface area contributed by atoms with Crippen LogP contribution in [0, 0.1) is 0 Å². The zero-order valence-corrected chi connectivity index (χ0v) is 15.1. The van der Waals surface area contributed by atoms with Gasteiger partial charge in [-0.2, -0.15) is 0 Å². The first kappa shape index (κ1) is 18.8. The van der Waals surface area contributed by atoms with Gasteiger partial charge in [0.25, 0.3) is 0 Å². The fraction of sp³-hybridized carbons (Fsp3) is 0.200. The molecule has 0 saturated carbocycles. The normalized spacial score (nSPS) is 10.8. The average molecular weight is 318 g/mol. The first-order valence-electron chi connectivity index (χ1n) is 6.53. The van der Waals surface area contributed by atoms with Crippen molar-refractivity contribution in [2.24, 2.45) is 0 Å². The molecule has 2 aromatic rings. The molecule has 0 aliphatic carbocycles. The molecule has 0 spiro atoms. The van der Waals surface area contributed by atoms with Crippen molar-refractivity contribution in [1.29, 1.82) is 0 Å². The Hall–Kier alpha value is -0.269. The molecule has 6 heteroatoms. The molecule has 0 aromatic heterocycles. The average Bonchev–Trinajstić information content (AvgIpc) is 2.44. The van der Waals surface area contributed by atoms with Gasteiger partial charge in [-0.1, -0.05) is 54.0 Å². The maximum atomic E-state index is 12.8. The van der Waals surface area contributed by atoms with E-state index in [1.807, 2.05) is 30.3 Å². The van der Waals surface area contributed by atoms with Crippen molar-refractivity contribution in [2.45, 2.75) is 12.8 Å². The molecule has 0 saturated heterocycles. The topological polar surface area (TPSA) is 9.23 Å². The summed E-state index contributed by atoms with van der Waals surface area (Å²) < 4.78 is 43.7. The summed E-state index contributed by atoms with van der Waals surface area (Å²) in [5.74, 6) is -0.0759. The molecule has 0 fully saturated rings. The number of rotatable bonds is 6. The number of benzene rings is 2. The van der Waals surface area contributed by atoms with Gasteiger partial charge in [0, 0.05) is 0 Å². The molecular weight excluding hydrogens is 303 g/mol. The molecule has 21 heavy (non-hydrogen) atoms. The van der Waals surface area contributed by atoms with Crippen molar-refractivity contribution in [2.75, 3.05) is 6.61 Å². The van der Waals surface area contributed by atoms with Crippen molar-refractivity contribution < 1.29 is 69.1 Å². The predicted molar refractivity (Wildman–Crippen MR) is 75.4 cm³/mol. The molecule has 0 bridgehead atoms. The summed E-state index contributed by atoms with van der Waals surface area (Å²) >= 11 is 0. The fourth-order valence-corrected chi connectivity index (χ4v) is 1.99. The van der Waals surface area contributed by atoms with Gasteiger partial charge in [-0.15, -0.1) is 0 Å². The van der Waals surface area contributed by atoms with Crippen LogP contribution in [-0.4, -0.2) is 13.6 Å². The second-order valence-electron chi connectivity index (χ2n) is 4.55. The van der Waals surface area contributed by atoms with Gasteiger partial charge in [0.2, 0.25) is 0 Å². The van der Waals surface area contributed by atoms with Crippen LogP contribution in [0.1, 0.15) is 12.0 Å². The van der Waals surface area contributed by atoms with Gasteiger partial charge in [0.15, 0.2) is 0 Å². The van der Waals surface area contributed by atoms with Crippen molar-refractivity contribution in [1.82, 2.24) is 0 Å². The molecule has 0 atom stereocenters. The van der Waals surface area contributed by atoms with E-state index in [-0.39, 0.29) is 63.7 Å². The Morgan fingerprint density at radius 3 is 2.14 bits per heavy atom. The maximum absolute atomic E-state index is 12.8.